The lowest BCUT2D eigenvalue weighted by Gasteiger charge is -2.39. The molecule has 6 rings (SSSR count). The number of likely N-dealkylation sites (tertiary alicyclic amines) is 1. The number of hydrogen-bond donors (Lipinski definition) is 2. The van der Waals surface area contributed by atoms with Crippen LogP contribution in [-0.2, 0) is 33.4 Å². The van der Waals surface area contributed by atoms with Crippen molar-refractivity contribution in [2.24, 2.45) is 11.8 Å². The molecule has 7 atom stereocenters. The van der Waals surface area contributed by atoms with E-state index in [1.807, 2.05) is 53.5 Å². The van der Waals surface area contributed by atoms with E-state index in [2.05, 4.69) is 5.32 Å². The topological polar surface area (TPSA) is 135 Å². The number of esters is 1. The van der Waals surface area contributed by atoms with E-state index in [9.17, 15) is 24.3 Å². The van der Waals surface area contributed by atoms with Crippen LogP contribution in [-0.4, -0.2) is 102 Å². The molecule has 0 bridgehead atoms. The van der Waals surface area contributed by atoms with E-state index in [1.54, 1.807) is 11.0 Å². The standard InChI is InChI=1S/C38H51N3O8/c1-47-25-28-33(26-15-6-4-7-16-26)48-37(46)31-29(19-10-11-20-30(43)39-28)49-38-21-14-23-40(27-17-8-5-9-18-27)36(45)34(38)41(35(44)32(31)38)22-12-2-3-13-24-42/h4,6-7,10,14-16,19,21,27-29,31-34,42H,2-3,5,8-9,11-13,17-18,20,22-25H2,1H3,(H,39,43)/b19-10-/t28-,29-,31+,32+,33-,34-,38+/m0/s1. The minimum absolute atomic E-state index is 0.0930. The van der Waals surface area contributed by atoms with Crippen LogP contribution in [0.3, 0.4) is 0 Å². The smallest absolute Gasteiger partial charge is 0.313 e. The van der Waals surface area contributed by atoms with E-state index in [0.717, 1.165) is 44.9 Å². The number of allylic oxidation sites excluding steroid dienone is 1. The van der Waals surface area contributed by atoms with Crippen LogP contribution in [0.15, 0.2) is 54.6 Å². The van der Waals surface area contributed by atoms with Gasteiger partial charge < -0.3 is 34.4 Å². The maximum absolute atomic E-state index is 14.8. The number of unbranched alkanes of at least 4 members (excludes halogenated alkanes) is 3. The Balaban J connectivity index is 1.39. The molecule has 11 heteroatoms. The third-order valence-corrected chi connectivity index (χ3v) is 10.9. The number of methoxy groups -OCH3 is 1. The van der Waals surface area contributed by atoms with E-state index in [1.165, 1.54) is 7.11 Å². The van der Waals surface area contributed by atoms with Crippen LogP contribution in [0, 0.1) is 11.8 Å². The molecule has 49 heavy (non-hydrogen) atoms. The molecule has 1 aliphatic carbocycles. The zero-order chi connectivity index (χ0) is 34.4. The van der Waals surface area contributed by atoms with Gasteiger partial charge in [0.2, 0.25) is 17.7 Å². The number of hydrogen-bond acceptors (Lipinski definition) is 8. The highest BCUT2D eigenvalue weighted by Gasteiger charge is 2.72. The van der Waals surface area contributed by atoms with Gasteiger partial charge in [-0.3, -0.25) is 19.2 Å². The molecule has 1 saturated carbocycles. The first-order valence-electron chi connectivity index (χ1n) is 18.2. The van der Waals surface area contributed by atoms with Crippen LogP contribution in [0.2, 0.25) is 0 Å². The van der Waals surface area contributed by atoms with E-state index < -0.39 is 47.7 Å². The fourth-order valence-electron chi connectivity index (χ4n) is 8.62. The summed E-state index contributed by atoms with van der Waals surface area (Å²) >= 11 is 0. The van der Waals surface area contributed by atoms with Crippen LogP contribution in [0.5, 0.6) is 0 Å². The monoisotopic (exact) mass is 677 g/mol. The van der Waals surface area contributed by atoms with Crippen molar-refractivity contribution in [3.63, 3.8) is 0 Å². The Labute approximate surface area is 289 Å². The number of aliphatic hydroxyl groups excluding tert-OH is 1. The molecule has 11 nitrogen and oxygen atoms in total. The van der Waals surface area contributed by atoms with Gasteiger partial charge in [-0.1, -0.05) is 86.7 Å². The van der Waals surface area contributed by atoms with E-state index in [0.29, 0.717) is 37.9 Å². The molecule has 2 N–H and O–H groups in total. The van der Waals surface area contributed by atoms with Gasteiger partial charge in [0.15, 0.2) is 0 Å². The zero-order valence-corrected chi connectivity index (χ0v) is 28.5. The Hall–Kier alpha value is -3.54. The molecule has 0 radical (unpaired) electrons. The second-order valence-corrected chi connectivity index (χ2v) is 14.1. The maximum Gasteiger partial charge on any atom is 0.313 e. The number of nitrogens with one attached hydrogen (secondary N) is 1. The molecule has 266 valence electrons. The predicted octanol–water partition coefficient (Wildman–Crippen LogP) is 3.62. The Kier molecular flexibility index (Phi) is 11.5. The van der Waals surface area contributed by atoms with Crippen molar-refractivity contribution < 1.29 is 38.5 Å². The lowest BCUT2D eigenvalue weighted by atomic mass is 9.77. The van der Waals surface area contributed by atoms with Crippen LogP contribution in [0.1, 0.15) is 82.3 Å². The lowest BCUT2D eigenvalue weighted by Crippen LogP contribution is -2.57. The second-order valence-electron chi connectivity index (χ2n) is 14.1. The van der Waals surface area contributed by atoms with Crippen molar-refractivity contribution in [1.29, 1.82) is 0 Å². The average Bonchev–Trinajstić information content (AvgIpc) is 3.49. The number of aliphatic hydroxyl groups is 1. The molecular weight excluding hydrogens is 626 g/mol. The van der Waals surface area contributed by atoms with Crippen LogP contribution < -0.4 is 5.32 Å². The van der Waals surface area contributed by atoms with Crippen molar-refractivity contribution in [2.75, 3.05) is 33.4 Å². The fraction of sp³-hybridized carbons (Fsp3) is 0.632. The van der Waals surface area contributed by atoms with Gasteiger partial charge in [0.05, 0.1) is 24.7 Å². The molecule has 1 spiro atoms. The van der Waals surface area contributed by atoms with Crippen molar-refractivity contribution in [3.8, 4) is 0 Å². The molecular formula is C38H51N3O8. The van der Waals surface area contributed by atoms with Crippen LogP contribution in [0.25, 0.3) is 0 Å². The summed E-state index contributed by atoms with van der Waals surface area (Å²) in [5.74, 6) is -3.22. The first-order valence-corrected chi connectivity index (χ1v) is 18.2. The molecule has 0 aromatic heterocycles. The Morgan fingerprint density at radius 2 is 1.76 bits per heavy atom. The van der Waals surface area contributed by atoms with E-state index >= 15 is 0 Å². The minimum atomic E-state index is -1.36. The van der Waals surface area contributed by atoms with Crippen molar-refractivity contribution in [3.05, 3.63) is 60.2 Å². The van der Waals surface area contributed by atoms with Gasteiger partial charge in [0, 0.05) is 39.3 Å². The summed E-state index contributed by atoms with van der Waals surface area (Å²) in [6, 6.07) is 7.73. The minimum Gasteiger partial charge on any atom is -0.455 e. The molecule has 3 fully saturated rings. The molecule has 4 heterocycles. The number of rotatable bonds is 10. The van der Waals surface area contributed by atoms with Crippen LogP contribution in [0.4, 0.5) is 0 Å². The van der Waals surface area contributed by atoms with Gasteiger partial charge in [0.25, 0.3) is 0 Å². The van der Waals surface area contributed by atoms with Crippen molar-refractivity contribution >= 4 is 23.7 Å². The largest absolute Gasteiger partial charge is 0.455 e. The summed E-state index contributed by atoms with van der Waals surface area (Å²) in [6.45, 7) is 0.993. The number of ether oxygens (including phenoxy) is 3. The van der Waals surface area contributed by atoms with Crippen molar-refractivity contribution in [1.82, 2.24) is 15.1 Å². The number of carbonyl (C=O) groups is 4. The molecule has 0 unspecified atom stereocenters. The summed E-state index contributed by atoms with van der Waals surface area (Å²) in [5, 5.41) is 12.3. The Morgan fingerprint density at radius 1 is 0.980 bits per heavy atom. The van der Waals surface area contributed by atoms with Crippen LogP contribution >= 0.6 is 0 Å². The average molecular weight is 678 g/mol. The van der Waals surface area contributed by atoms with E-state index in [4.69, 9.17) is 14.2 Å². The SMILES string of the molecule is COC[C@@H]1NC(=O)CC/C=C\[C@@H]2O[C@@]34C=CCN(C5CCCCC5)C(=O)[C@@H]3N(CCCCCCO)C(=O)[C@H]4[C@@H]2C(=O)O[C@H]1c1ccccc1. The first-order chi connectivity index (χ1) is 23.9. The van der Waals surface area contributed by atoms with Gasteiger partial charge >= 0.3 is 5.97 Å². The van der Waals surface area contributed by atoms with Gasteiger partial charge in [0.1, 0.15) is 23.7 Å². The number of fused-ring (bicyclic) bond motifs is 2. The highest BCUT2D eigenvalue weighted by molar-refractivity contribution is 5.99. The Bertz CT molecular complexity index is 1390. The molecule has 4 aliphatic heterocycles. The summed E-state index contributed by atoms with van der Waals surface area (Å²) in [5.41, 5.74) is -0.673. The lowest BCUT2D eigenvalue weighted by molar-refractivity contribution is -0.162. The fourth-order valence-corrected chi connectivity index (χ4v) is 8.62. The van der Waals surface area contributed by atoms with Gasteiger partial charge in [-0.15, -0.1) is 0 Å². The summed E-state index contributed by atoms with van der Waals surface area (Å²) in [6.07, 6.45) is 14.4. The highest BCUT2D eigenvalue weighted by Crippen LogP contribution is 2.53. The number of amides is 3. The summed E-state index contributed by atoms with van der Waals surface area (Å²) < 4.78 is 18.7. The molecule has 1 aromatic rings. The van der Waals surface area contributed by atoms with Gasteiger partial charge in [-0.2, -0.15) is 0 Å². The highest BCUT2D eigenvalue weighted by atomic mass is 16.6. The number of benzene rings is 1. The third-order valence-electron chi connectivity index (χ3n) is 10.9. The second kappa shape index (κ2) is 16.0. The Morgan fingerprint density at radius 3 is 2.51 bits per heavy atom. The molecule has 3 amide bonds. The first kappa shape index (κ1) is 35.3. The van der Waals surface area contributed by atoms with Gasteiger partial charge in [-0.25, -0.2) is 0 Å². The van der Waals surface area contributed by atoms with Gasteiger partial charge in [-0.05, 0) is 37.7 Å². The summed E-state index contributed by atoms with van der Waals surface area (Å²) in [4.78, 5) is 60.7. The predicted molar refractivity (Wildman–Crippen MR) is 181 cm³/mol. The van der Waals surface area contributed by atoms with Crippen molar-refractivity contribution in [2.45, 2.75) is 107 Å². The maximum atomic E-state index is 14.8. The number of cyclic esters (lactones) is 1. The molecule has 5 aliphatic rings. The number of nitrogens with zero attached hydrogens (tertiary/aromatic N) is 2. The van der Waals surface area contributed by atoms with E-state index in [-0.39, 0.29) is 43.4 Å². The quantitative estimate of drug-likeness (QED) is 0.218. The number of carbonyl (C=O) groups excluding carboxylic acids is 4. The molecule has 2 saturated heterocycles. The summed E-state index contributed by atoms with van der Waals surface area (Å²) in [7, 11) is 1.53. The third kappa shape index (κ3) is 7.21. The molecule has 1 aromatic carbocycles. The zero-order valence-electron chi connectivity index (χ0n) is 28.5. The normalized spacial score (nSPS) is 33.1.